The standard InChI is InChI=1S/C27H52O9/c1-2-3-4-5-6-7-8-9-10-11-12-13-35-20-15-19(17-29)27(26(34)23(20)31)36-21-14-18(16-28)22(30)25(33)24(21)32/h18-34H,2-17H2,1H3/t18-,19-,20-,21+,22-,23+,24+,25+,26-,27-/m1/s1. The maximum atomic E-state index is 10.7. The Bertz CT molecular complexity index is 561. The minimum absolute atomic E-state index is 0.0755. The summed E-state index contributed by atoms with van der Waals surface area (Å²) in [7, 11) is 0. The van der Waals surface area contributed by atoms with Gasteiger partial charge >= 0.3 is 0 Å². The Labute approximate surface area is 216 Å². The van der Waals surface area contributed by atoms with E-state index in [0.29, 0.717) is 6.61 Å². The van der Waals surface area contributed by atoms with Crippen LogP contribution in [0.4, 0.5) is 0 Å². The number of rotatable bonds is 17. The molecule has 0 aromatic rings. The lowest BCUT2D eigenvalue weighted by atomic mass is 9.78. The van der Waals surface area contributed by atoms with E-state index in [2.05, 4.69) is 6.92 Å². The quantitative estimate of drug-likeness (QED) is 0.140. The molecule has 2 rings (SSSR count). The molecule has 0 spiro atoms. The van der Waals surface area contributed by atoms with Crippen LogP contribution in [-0.2, 0) is 9.47 Å². The average molecular weight is 521 g/mol. The molecule has 2 saturated carbocycles. The molecule has 0 unspecified atom stereocenters. The van der Waals surface area contributed by atoms with Crippen molar-refractivity contribution in [2.45, 2.75) is 139 Å². The van der Waals surface area contributed by atoms with Crippen LogP contribution in [0.1, 0.15) is 90.4 Å². The first-order valence-electron chi connectivity index (χ1n) is 14.2. The lowest BCUT2D eigenvalue weighted by Crippen LogP contribution is -2.60. The highest BCUT2D eigenvalue weighted by atomic mass is 16.5. The lowest BCUT2D eigenvalue weighted by Gasteiger charge is -2.46. The van der Waals surface area contributed by atoms with Crippen molar-refractivity contribution in [3.63, 3.8) is 0 Å². The number of unbranched alkanes of at least 4 members (excludes halogenated alkanes) is 10. The summed E-state index contributed by atoms with van der Waals surface area (Å²) in [5.74, 6) is -1.22. The second-order valence-corrected chi connectivity index (χ2v) is 10.9. The van der Waals surface area contributed by atoms with E-state index >= 15 is 0 Å². The molecule has 2 fully saturated rings. The van der Waals surface area contributed by atoms with Gasteiger partial charge in [-0.25, -0.2) is 0 Å². The van der Waals surface area contributed by atoms with E-state index in [9.17, 15) is 35.7 Å². The average Bonchev–Trinajstić information content (AvgIpc) is 2.88. The van der Waals surface area contributed by atoms with Crippen LogP contribution in [0.15, 0.2) is 0 Å². The molecule has 2 aliphatic carbocycles. The molecule has 7 N–H and O–H groups in total. The topological polar surface area (TPSA) is 160 Å². The van der Waals surface area contributed by atoms with Gasteiger partial charge in [0.05, 0.1) is 24.4 Å². The first kappa shape index (κ1) is 31.9. The minimum atomic E-state index is -1.50. The van der Waals surface area contributed by atoms with Crippen LogP contribution in [0.25, 0.3) is 0 Å². The molecule has 9 nitrogen and oxygen atoms in total. The van der Waals surface area contributed by atoms with Gasteiger partial charge in [0.15, 0.2) is 0 Å². The van der Waals surface area contributed by atoms with Gasteiger partial charge in [0.25, 0.3) is 0 Å². The Balaban J connectivity index is 1.71. The van der Waals surface area contributed by atoms with Crippen molar-refractivity contribution in [1.29, 1.82) is 0 Å². The monoisotopic (exact) mass is 520 g/mol. The molecular weight excluding hydrogens is 468 g/mol. The summed E-state index contributed by atoms with van der Waals surface area (Å²) in [5.41, 5.74) is 0. The van der Waals surface area contributed by atoms with Gasteiger partial charge in [-0.3, -0.25) is 0 Å². The highest BCUT2D eigenvalue weighted by Crippen LogP contribution is 2.35. The normalized spacial score (nSPS) is 37.3. The SMILES string of the molecule is CCCCCCCCCCCCCO[C@@H]1C[C@H](CO)[C@@H](O[C@H]2C[C@H](CO)[C@@H](O)[C@H](O)[C@H]2O)[C@H](O)[C@H]1O. The summed E-state index contributed by atoms with van der Waals surface area (Å²) in [4.78, 5) is 0. The van der Waals surface area contributed by atoms with Gasteiger partial charge in [-0.15, -0.1) is 0 Å². The number of aliphatic hydroxyl groups is 7. The fourth-order valence-corrected chi connectivity index (χ4v) is 5.60. The molecule has 0 aromatic carbocycles. The van der Waals surface area contributed by atoms with E-state index in [4.69, 9.17) is 9.47 Å². The third-order valence-electron chi connectivity index (χ3n) is 8.05. The molecule has 9 heteroatoms. The fraction of sp³-hybridized carbons (Fsp3) is 1.00. The Morgan fingerprint density at radius 2 is 1.06 bits per heavy atom. The summed E-state index contributed by atoms with van der Waals surface area (Å²) in [5, 5.41) is 71.2. The Morgan fingerprint density at radius 3 is 1.61 bits per heavy atom. The van der Waals surface area contributed by atoms with E-state index in [-0.39, 0.29) is 26.1 Å². The summed E-state index contributed by atoms with van der Waals surface area (Å²) in [6.45, 7) is 2.01. The summed E-state index contributed by atoms with van der Waals surface area (Å²) < 4.78 is 11.8. The van der Waals surface area contributed by atoms with Gasteiger partial charge in [0.1, 0.15) is 24.4 Å². The van der Waals surface area contributed by atoms with Crippen LogP contribution in [0.5, 0.6) is 0 Å². The van der Waals surface area contributed by atoms with Crippen LogP contribution in [0, 0.1) is 11.8 Å². The van der Waals surface area contributed by atoms with Gasteiger partial charge in [-0.1, -0.05) is 71.1 Å². The minimum Gasteiger partial charge on any atom is -0.396 e. The highest BCUT2D eigenvalue weighted by Gasteiger charge is 2.49. The van der Waals surface area contributed by atoms with Crippen molar-refractivity contribution < 1.29 is 45.2 Å². The van der Waals surface area contributed by atoms with Crippen molar-refractivity contribution in [2.75, 3.05) is 19.8 Å². The van der Waals surface area contributed by atoms with Crippen LogP contribution in [0.3, 0.4) is 0 Å². The molecular formula is C27H52O9. The fourth-order valence-electron chi connectivity index (χ4n) is 5.60. The highest BCUT2D eigenvalue weighted by molar-refractivity contribution is 4.98. The van der Waals surface area contributed by atoms with Crippen molar-refractivity contribution >= 4 is 0 Å². The maximum absolute atomic E-state index is 10.7. The summed E-state index contributed by atoms with van der Waals surface area (Å²) >= 11 is 0. The molecule has 0 saturated heterocycles. The lowest BCUT2D eigenvalue weighted by molar-refractivity contribution is -0.241. The number of aliphatic hydroxyl groups excluding tert-OH is 7. The zero-order valence-electron chi connectivity index (χ0n) is 22.0. The van der Waals surface area contributed by atoms with Crippen LogP contribution in [-0.4, -0.2) is 104 Å². The first-order valence-corrected chi connectivity index (χ1v) is 14.2. The third-order valence-corrected chi connectivity index (χ3v) is 8.05. The second-order valence-electron chi connectivity index (χ2n) is 10.9. The van der Waals surface area contributed by atoms with Gasteiger partial charge in [0, 0.05) is 31.7 Å². The van der Waals surface area contributed by atoms with Crippen molar-refractivity contribution in [3.05, 3.63) is 0 Å². The molecule has 0 bridgehead atoms. The van der Waals surface area contributed by atoms with Crippen molar-refractivity contribution in [3.8, 4) is 0 Å². The smallest absolute Gasteiger partial charge is 0.109 e. The molecule has 36 heavy (non-hydrogen) atoms. The second kappa shape index (κ2) is 17.3. The third kappa shape index (κ3) is 9.43. The number of hydrogen-bond donors (Lipinski definition) is 7. The van der Waals surface area contributed by atoms with Crippen LogP contribution < -0.4 is 0 Å². The van der Waals surface area contributed by atoms with Gasteiger partial charge < -0.3 is 45.2 Å². The van der Waals surface area contributed by atoms with Gasteiger partial charge in [-0.05, 0) is 19.3 Å². The van der Waals surface area contributed by atoms with Gasteiger partial charge in [0.2, 0.25) is 0 Å². The molecule has 214 valence electrons. The molecule has 0 amide bonds. The zero-order valence-corrected chi connectivity index (χ0v) is 22.0. The molecule has 10 atom stereocenters. The van der Waals surface area contributed by atoms with Gasteiger partial charge in [-0.2, -0.15) is 0 Å². The predicted octanol–water partition coefficient (Wildman–Crippen LogP) is 1.27. The summed E-state index contributed by atoms with van der Waals surface area (Å²) in [6, 6.07) is 0. The largest absolute Gasteiger partial charge is 0.396 e. The predicted molar refractivity (Wildman–Crippen MR) is 135 cm³/mol. The molecule has 0 radical (unpaired) electrons. The number of hydrogen-bond acceptors (Lipinski definition) is 9. The van der Waals surface area contributed by atoms with E-state index in [1.807, 2.05) is 0 Å². The maximum Gasteiger partial charge on any atom is 0.109 e. The zero-order chi connectivity index (χ0) is 26.5. The molecule has 2 aliphatic rings. The Morgan fingerprint density at radius 1 is 0.556 bits per heavy atom. The van der Waals surface area contributed by atoms with E-state index in [1.165, 1.54) is 51.4 Å². The number of ether oxygens (including phenoxy) is 2. The molecule has 0 aliphatic heterocycles. The van der Waals surface area contributed by atoms with Crippen molar-refractivity contribution in [2.24, 2.45) is 11.8 Å². The Hall–Kier alpha value is -0.360. The molecule has 0 heterocycles. The van der Waals surface area contributed by atoms with E-state index < -0.39 is 60.7 Å². The molecule has 0 aromatic heterocycles. The van der Waals surface area contributed by atoms with E-state index in [1.54, 1.807) is 0 Å². The van der Waals surface area contributed by atoms with Crippen molar-refractivity contribution in [1.82, 2.24) is 0 Å². The van der Waals surface area contributed by atoms with E-state index in [0.717, 1.165) is 19.3 Å². The van der Waals surface area contributed by atoms with Crippen LogP contribution in [0.2, 0.25) is 0 Å². The Kier molecular flexibility index (Phi) is 15.3. The van der Waals surface area contributed by atoms with Crippen LogP contribution >= 0.6 is 0 Å². The first-order chi connectivity index (χ1) is 17.3. The summed E-state index contributed by atoms with van der Waals surface area (Å²) in [6.07, 6.45) is 4.53.